The molecule has 3 atom stereocenters. The summed E-state index contributed by atoms with van der Waals surface area (Å²) < 4.78 is 5.13. The molecule has 1 aliphatic heterocycles. The molecule has 0 aromatic heterocycles. The van der Waals surface area contributed by atoms with E-state index in [1.807, 2.05) is 18.2 Å². The van der Waals surface area contributed by atoms with Crippen molar-refractivity contribution in [1.29, 1.82) is 0 Å². The summed E-state index contributed by atoms with van der Waals surface area (Å²) in [5.41, 5.74) is 0.753. The van der Waals surface area contributed by atoms with Gasteiger partial charge in [-0.25, -0.2) is 0 Å². The number of nitrogens with one attached hydrogen (secondary N) is 1. The van der Waals surface area contributed by atoms with E-state index in [1.54, 1.807) is 18.2 Å². The summed E-state index contributed by atoms with van der Waals surface area (Å²) in [7, 11) is 0. The fraction of sp³-hybridized carbons (Fsp3) is 0.429. The quantitative estimate of drug-likeness (QED) is 0.416. The first-order valence-electron chi connectivity index (χ1n) is 9.59. The summed E-state index contributed by atoms with van der Waals surface area (Å²) in [4.78, 5) is 50.1. The molecule has 1 aromatic carbocycles. The fourth-order valence-corrected chi connectivity index (χ4v) is 3.77. The van der Waals surface area contributed by atoms with Crippen LogP contribution in [0.25, 0.3) is 0 Å². The van der Waals surface area contributed by atoms with Crippen molar-refractivity contribution in [2.45, 2.75) is 38.8 Å². The van der Waals surface area contributed by atoms with Gasteiger partial charge < -0.3 is 10.1 Å². The number of carbonyl (C=O) groups is 4. The minimum Gasteiger partial charge on any atom is -0.452 e. The van der Waals surface area contributed by atoms with Crippen LogP contribution in [0.3, 0.4) is 0 Å². The maximum absolute atomic E-state index is 12.4. The lowest BCUT2D eigenvalue weighted by atomic mass is 9.85. The predicted molar refractivity (Wildman–Crippen MR) is 106 cm³/mol. The number of amides is 3. The van der Waals surface area contributed by atoms with E-state index in [0.717, 1.165) is 10.5 Å². The molecular weight excluding hydrogens is 396 g/mol. The molecule has 8 heteroatoms. The summed E-state index contributed by atoms with van der Waals surface area (Å²) in [6.07, 6.45) is 3.78. The monoisotopic (exact) mass is 418 g/mol. The van der Waals surface area contributed by atoms with E-state index in [2.05, 4.69) is 5.32 Å². The van der Waals surface area contributed by atoms with Crippen LogP contribution in [0.1, 0.15) is 31.7 Å². The Morgan fingerprint density at radius 2 is 1.79 bits per heavy atom. The molecule has 0 unspecified atom stereocenters. The van der Waals surface area contributed by atoms with Crippen molar-refractivity contribution in [1.82, 2.24) is 10.2 Å². The highest BCUT2D eigenvalue weighted by Gasteiger charge is 2.47. The highest BCUT2D eigenvalue weighted by molar-refractivity contribution is 6.31. The summed E-state index contributed by atoms with van der Waals surface area (Å²) in [5.74, 6) is -2.20. The molecular formula is C21H23ClN2O5. The van der Waals surface area contributed by atoms with Crippen LogP contribution in [-0.4, -0.2) is 41.2 Å². The third-order valence-electron chi connectivity index (χ3n) is 5.23. The van der Waals surface area contributed by atoms with Crippen LogP contribution in [0.5, 0.6) is 0 Å². The molecule has 29 heavy (non-hydrogen) atoms. The molecule has 7 nitrogen and oxygen atoms in total. The van der Waals surface area contributed by atoms with Gasteiger partial charge in [0, 0.05) is 18.1 Å². The lowest BCUT2D eigenvalue weighted by Crippen LogP contribution is -2.37. The van der Waals surface area contributed by atoms with Crippen LogP contribution < -0.4 is 5.32 Å². The molecule has 3 amide bonds. The Morgan fingerprint density at radius 1 is 1.17 bits per heavy atom. The van der Waals surface area contributed by atoms with Crippen molar-refractivity contribution in [3.63, 3.8) is 0 Å². The van der Waals surface area contributed by atoms with Gasteiger partial charge in [0.25, 0.3) is 5.91 Å². The number of imide groups is 1. The molecule has 1 N–H and O–H groups in total. The van der Waals surface area contributed by atoms with Crippen molar-refractivity contribution in [3.8, 4) is 0 Å². The molecule has 0 saturated carbocycles. The average molecular weight is 419 g/mol. The Labute approximate surface area is 174 Å². The van der Waals surface area contributed by atoms with Gasteiger partial charge in [0.2, 0.25) is 11.8 Å². The number of halogens is 1. The summed E-state index contributed by atoms with van der Waals surface area (Å²) >= 11 is 6.04. The number of fused-ring (bicyclic) bond motifs is 1. The number of carbonyl (C=O) groups excluding carboxylic acids is 4. The zero-order valence-corrected chi connectivity index (χ0v) is 16.9. The van der Waals surface area contributed by atoms with E-state index >= 15 is 0 Å². The van der Waals surface area contributed by atoms with Crippen LogP contribution in [0.15, 0.2) is 36.4 Å². The Kier molecular flexibility index (Phi) is 6.69. The summed E-state index contributed by atoms with van der Waals surface area (Å²) in [6, 6.07) is 7.11. The van der Waals surface area contributed by atoms with Crippen molar-refractivity contribution < 1.29 is 23.9 Å². The number of hydrogen-bond acceptors (Lipinski definition) is 5. The zero-order valence-electron chi connectivity index (χ0n) is 16.1. The number of likely N-dealkylation sites (tertiary alicyclic amines) is 1. The SMILES string of the molecule is C[C@@H](OC(=O)CCN1C(=O)[C@H]2CC=CC[C@@H]2C1=O)C(=O)NCc1ccccc1Cl. The van der Waals surface area contributed by atoms with Gasteiger partial charge in [-0.2, -0.15) is 0 Å². The maximum Gasteiger partial charge on any atom is 0.308 e. The van der Waals surface area contributed by atoms with Gasteiger partial charge in [0.05, 0.1) is 18.3 Å². The van der Waals surface area contributed by atoms with Crippen LogP contribution >= 0.6 is 11.6 Å². The standard InChI is InChI=1S/C21H23ClN2O5/c1-13(19(26)23-12-14-6-2-5-9-17(14)22)29-18(25)10-11-24-20(27)15-7-3-4-8-16(15)21(24)28/h2-6,9,13,15-16H,7-8,10-12H2,1H3,(H,23,26)/t13-,15+,16+/m1/s1. The molecule has 154 valence electrons. The first-order chi connectivity index (χ1) is 13.9. The topological polar surface area (TPSA) is 92.8 Å². The number of esters is 1. The van der Waals surface area contributed by atoms with Crippen molar-refractivity contribution in [2.24, 2.45) is 11.8 Å². The maximum atomic E-state index is 12.4. The van der Waals surface area contributed by atoms with Crippen molar-refractivity contribution in [3.05, 3.63) is 47.0 Å². The number of ether oxygens (including phenoxy) is 1. The number of allylic oxidation sites excluding steroid dienone is 2. The van der Waals surface area contributed by atoms with Gasteiger partial charge in [-0.3, -0.25) is 24.1 Å². The lowest BCUT2D eigenvalue weighted by Gasteiger charge is -2.16. The summed E-state index contributed by atoms with van der Waals surface area (Å²) in [6.45, 7) is 1.65. The van der Waals surface area contributed by atoms with Gasteiger partial charge in [0.15, 0.2) is 6.10 Å². The molecule has 0 spiro atoms. The molecule has 1 fully saturated rings. The fourth-order valence-electron chi connectivity index (χ4n) is 3.57. The van der Waals surface area contributed by atoms with Crippen molar-refractivity contribution >= 4 is 35.3 Å². The molecule has 1 aromatic rings. The van der Waals surface area contributed by atoms with E-state index in [9.17, 15) is 19.2 Å². The summed E-state index contributed by atoms with van der Waals surface area (Å²) in [5, 5.41) is 3.20. The molecule has 0 radical (unpaired) electrons. The van der Waals surface area contributed by atoms with E-state index < -0.39 is 18.0 Å². The van der Waals surface area contributed by atoms with Crippen molar-refractivity contribution in [2.75, 3.05) is 6.54 Å². The first-order valence-corrected chi connectivity index (χ1v) is 9.97. The Morgan fingerprint density at radius 3 is 2.41 bits per heavy atom. The van der Waals surface area contributed by atoms with Crippen LogP contribution in [0.4, 0.5) is 0 Å². The highest BCUT2D eigenvalue weighted by atomic mass is 35.5. The van der Waals surface area contributed by atoms with Gasteiger partial charge in [-0.05, 0) is 31.4 Å². The van der Waals surface area contributed by atoms with E-state index in [1.165, 1.54) is 6.92 Å². The predicted octanol–water partition coefficient (Wildman–Crippen LogP) is 2.23. The smallest absolute Gasteiger partial charge is 0.308 e. The minimum atomic E-state index is -0.998. The normalized spacial score (nSPS) is 21.7. The number of nitrogens with zero attached hydrogens (tertiary/aromatic N) is 1. The van der Waals surface area contributed by atoms with Crippen LogP contribution in [0, 0.1) is 11.8 Å². The van der Waals surface area contributed by atoms with Gasteiger partial charge in [0.1, 0.15) is 0 Å². The molecule has 1 saturated heterocycles. The third-order valence-corrected chi connectivity index (χ3v) is 5.60. The average Bonchev–Trinajstić information content (AvgIpc) is 2.96. The largest absolute Gasteiger partial charge is 0.452 e. The Bertz CT molecular complexity index is 827. The molecule has 3 rings (SSSR count). The van der Waals surface area contributed by atoms with E-state index in [-0.39, 0.29) is 43.2 Å². The second-order valence-electron chi connectivity index (χ2n) is 7.18. The molecule has 2 aliphatic rings. The Hall–Kier alpha value is -2.67. The van der Waals surface area contributed by atoms with Gasteiger partial charge in [-0.1, -0.05) is 42.0 Å². The van der Waals surface area contributed by atoms with Crippen LogP contribution in [0.2, 0.25) is 5.02 Å². The minimum absolute atomic E-state index is 0.0303. The number of benzene rings is 1. The van der Waals surface area contributed by atoms with Gasteiger partial charge >= 0.3 is 5.97 Å². The first kappa shape index (κ1) is 21.0. The van der Waals surface area contributed by atoms with Crippen LogP contribution in [-0.2, 0) is 30.5 Å². The lowest BCUT2D eigenvalue weighted by molar-refractivity contribution is -0.155. The molecule has 1 aliphatic carbocycles. The number of rotatable bonds is 7. The van der Waals surface area contributed by atoms with E-state index in [0.29, 0.717) is 17.9 Å². The van der Waals surface area contributed by atoms with E-state index in [4.69, 9.17) is 16.3 Å². The zero-order chi connectivity index (χ0) is 21.0. The second-order valence-corrected chi connectivity index (χ2v) is 7.58. The molecule has 0 bridgehead atoms. The molecule has 1 heterocycles. The highest BCUT2D eigenvalue weighted by Crippen LogP contribution is 2.35. The number of hydrogen-bond donors (Lipinski definition) is 1. The second kappa shape index (κ2) is 9.22. The Balaban J connectivity index is 1.44. The van der Waals surface area contributed by atoms with Gasteiger partial charge in [-0.15, -0.1) is 0 Å². The third kappa shape index (κ3) is 4.85.